The van der Waals surface area contributed by atoms with Gasteiger partial charge in [-0.2, -0.15) is 5.26 Å². The van der Waals surface area contributed by atoms with E-state index in [4.69, 9.17) is 22.6 Å². The summed E-state index contributed by atoms with van der Waals surface area (Å²) in [6.07, 6.45) is 0.859. The van der Waals surface area contributed by atoms with Gasteiger partial charge in [0.25, 0.3) is 0 Å². The third-order valence-corrected chi connectivity index (χ3v) is 6.27. The molecule has 40 heavy (non-hydrogen) atoms. The Bertz CT molecular complexity index is 1190. The summed E-state index contributed by atoms with van der Waals surface area (Å²) in [7, 11) is 0. The first kappa shape index (κ1) is 40.1. The highest BCUT2D eigenvalue weighted by atomic mass is 79.9. The van der Waals surface area contributed by atoms with Crippen molar-refractivity contribution in [1.29, 1.82) is 5.26 Å². The number of carbonyl (C=O) groups excluding carboxylic acids is 2. The van der Waals surface area contributed by atoms with Gasteiger partial charge >= 0.3 is 0 Å². The molecule has 0 saturated heterocycles. The number of nitriles is 1. The SMILES string of the molecule is CC#N.CC(C)(C)CC(=O)Cl.Cc1cc(Br)c(F)c(C)c1N.Cc1cc(Br)c(F)c(C)c1NC(=O)CC(C)(C)C. The first-order chi connectivity index (χ1) is 18.0. The minimum absolute atomic E-state index is 0.0405. The van der Waals surface area contributed by atoms with E-state index in [0.717, 1.165) is 11.1 Å². The molecule has 2 aromatic carbocycles. The van der Waals surface area contributed by atoms with Crippen LogP contribution in [0.2, 0.25) is 0 Å². The molecule has 0 aromatic heterocycles. The maximum atomic E-state index is 13.8. The number of hydrogen-bond donors (Lipinski definition) is 2. The van der Waals surface area contributed by atoms with Gasteiger partial charge in [-0.3, -0.25) is 9.59 Å². The summed E-state index contributed by atoms with van der Waals surface area (Å²) in [5.41, 5.74) is 9.38. The minimum Gasteiger partial charge on any atom is -0.398 e. The Morgan fingerprint density at radius 2 is 1.27 bits per heavy atom. The van der Waals surface area contributed by atoms with E-state index in [1.54, 1.807) is 32.0 Å². The zero-order valence-corrected chi connectivity index (χ0v) is 29.2. The lowest BCUT2D eigenvalue weighted by molar-refractivity contribution is -0.118. The van der Waals surface area contributed by atoms with Crippen molar-refractivity contribution in [3.63, 3.8) is 0 Å². The Kier molecular flexibility index (Phi) is 17.8. The molecule has 0 bridgehead atoms. The maximum Gasteiger partial charge on any atom is 0.224 e. The summed E-state index contributed by atoms with van der Waals surface area (Å²) in [4.78, 5) is 22.1. The highest BCUT2D eigenvalue weighted by Crippen LogP contribution is 2.30. The Morgan fingerprint density at radius 3 is 1.62 bits per heavy atom. The second-order valence-corrected chi connectivity index (χ2v) is 13.7. The van der Waals surface area contributed by atoms with E-state index in [0.29, 0.717) is 44.3 Å². The smallest absolute Gasteiger partial charge is 0.224 e. The molecule has 0 unspecified atom stereocenters. The normalized spacial score (nSPS) is 10.5. The first-order valence-electron chi connectivity index (χ1n) is 12.4. The molecule has 0 aliphatic heterocycles. The van der Waals surface area contributed by atoms with Crippen LogP contribution in [0.5, 0.6) is 0 Å². The predicted octanol–water partition coefficient (Wildman–Crippen LogP) is 10.1. The number of anilines is 2. The van der Waals surface area contributed by atoms with Crippen molar-refractivity contribution in [1.82, 2.24) is 0 Å². The quantitative estimate of drug-likeness (QED) is 0.245. The molecule has 2 aromatic rings. The summed E-state index contributed by atoms with van der Waals surface area (Å²) in [6, 6.07) is 5.10. The number of nitrogens with zero attached hydrogens (tertiary/aromatic N) is 1. The molecule has 0 heterocycles. The molecular weight excluding hydrogens is 668 g/mol. The van der Waals surface area contributed by atoms with Crippen LogP contribution in [0.4, 0.5) is 20.2 Å². The molecule has 0 spiro atoms. The second kappa shape index (κ2) is 17.7. The van der Waals surface area contributed by atoms with E-state index in [2.05, 4.69) is 37.2 Å². The van der Waals surface area contributed by atoms with Crippen LogP contribution in [0.1, 0.15) is 83.6 Å². The van der Waals surface area contributed by atoms with Crippen LogP contribution in [0.25, 0.3) is 0 Å². The molecular formula is C30H42Br2ClF2N3O2. The molecule has 0 radical (unpaired) electrons. The first-order valence-corrected chi connectivity index (χ1v) is 14.4. The molecule has 0 aliphatic rings. The van der Waals surface area contributed by atoms with Crippen molar-refractivity contribution in [2.45, 2.75) is 89.0 Å². The molecule has 1 amide bonds. The zero-order chi connectivity index (χ0) is 32.2. The van der Waals surface area contributed by atoms with Gasteiger partial charge in [0.05, 0.1) is 15.0 Å². The van der Waals surface area contributed by atoms with Gasteiger partial charge in [-0.05, 0) is 105 Å². The van der Waals surface area contributed by atoms with E-state index in [1.807, 2.05) is 55.4 Å². The van der Waals surface area contributed by atoms with Crippen LogP contribution in [0, 0.1) is 61.5 Å². The van der Waals surface area contributed by atoms with E-state index < -0.39 is 0 Å². The molecule has 0 aliphatic carbocycles. The number of nitrogens with one attached hydrogen (secondary N) is 1. The lowest BCUT2D eigenvalue weighted by Gasteiger charge is -2.19. The summed E-state index contributed by atoms with van der Waals surface area (Å²) >= 11 is 11.4. The molecule has 0 saturated carbocycles. The van der Waals surface area contributed by atoms with Crippen molar-refractivity contribution in [2.75, 3.05) is 11.1 Å². The Morgan fingerprint density at radius 1 is 0.900 bits per heavy atom. The number of halogens is 5. The Balaban J connectivity index is 0. The van der Waals surface area contributed by atoms with E-state index >= 15 is 0 Å². The van der Waals surface area contributed by atoms with E-state index in [-0.39, 0.29) is 33.6 Å². The van der Waals surface area contributed by atoms with Crippen molar-refractivity contribution < 1.29 is 18.4 Å². The van der Waals surface area contributed by atoms with Gasteiger partial charge in [-0.25, -0.2) is 8.78 Å². The highest BCUT2D eigenvalue weighted by Gasteiger charge is 2.19. The third kappa shape index (κ3) is 16.3. The average Bonchev–Trinajstić information content (AvgIpc) is 2.76. The maximum absolute atomic E-state index is 13.8. The van der Waals surface area contributed by atoms with Gasteiger partial charge in [-0.1, -0.05) is 41.5 Å². The van der Waals surface area contributed by atoms with E-state index in [9.17, 15) is 18.4 Å². The molecule has 0 fully saturated rings. The number of nitrogens with two attached hydrogens (primary N) is 1. The number of benzene rings is 2. The van der Waals surface area contributed by atoms with Crippen molar-refractivity contribution in [3.8, 4) is 6.07 Å². The number of rotatable bonds is 3. The summed E-state index contributed by atoms with van der Waals surface area (Å²) < 4.78 is 27.7. The third-order valence-electron chi connectivity index (χ3n) is 4.99. The molecule has 224 valence electrons. The lowest BCUT2D eigenvalue weighted by atomic mass is 9.92. The number of carbonyl (C=O) groups is 2. The standard InChI is InChI=1S/C14H19BrFNO.C8H9BrFN.C6H11ClO.C2H3N/c1-8-6-10(15)12(16)9(2)13(8)17-11(18)7-14(3,4)5;1-4-3-6(9)7(10)5(2)8(4)11;1-6(2,3)4-5(7)8;1-2-3/h6H,7H2,1-5H3,(H,17,18);3H,11H2,1-2H3;4H2,1-3H3;1H3. The molecule has 3 N–H and O–H groups in total. The molecule has 10 heteroatoms. The number of nitrogen functional groups attached to an aromatic ring is 1. The van der Waals surface area contributed by atoms with Gasteiger partial charge in [-0.15, -0.1) is 0 Å². The summed E-state index contributed by atoms with van der Waals surface area (Å²) in [6.45, 7) is 20.4. The van der Waals surface area contributed by atoms with Crippen LogP contribution in [0.3, 0.4) is 0 Å². The molecule has 2 rings (SSSR count). The van der Waals surface area contributed by atoms with Gasteiger partial charge in [0.15, 0.2) is 0 Å². The lowest BCUT2D eigenvalue weighted by Crippen LogP contribution is -2.20. The van der Waals surface area contributed by atoms with Crippen LogP contribution in [-0.2, 0) is 9.59 Å². The number of amides is 1. The van der Waals surface area contributed by atoms with E-state index in [1.165, 1.54) is 6.92 Å². The zero-order valence-electron chi connectivity index (χ0n) is 25.3. The van der Waals surface area contributed by atoms with Crippen LogP contribution < -0.4 is 11.1 Å². The minimum atomic E-state index is -0.327. The van der Waals surface area contributed by atoms with Crippen LogP contribution in [-0.4, -0.2) is 11.1 Å². The van der Waals surface area contributed by atoms with Crippen molar-refractivity contribution in [3.05, 3.63) is 55.0 Å². The largest absolute Gasteiger partial charge is 0.398 e. The van der Waals surface area contributed by atoms with Gasteiger partial charge in [0.1, 0.15) is 11.6 Å². The van der Waals surface area contributed by atoms with Crippen molar-refractivity contribution in [2.24, 2.45) is 10.8 Å². The molecule has 0 atom stereocenters. The topological polar surface area (TPSA) is 96.0 Å². The number of hydrogen-bond acceptors (Lipinski definition) is 4. The Hall–Kier alpha value is -2.02. The van der Waals surface area contributed by atoms with Crippen LogP contribution >= 0.6 is 43.5 Å². The number of aryl methyl sites for hydroxylation is 2. The summed E-state index contributed by atoms with van der Waals surface area (Å²) in [5, 5.41) is 9.87. The van der Waals surface area contributed by atoms with Gasteiger partial charge < -0.3 is 11.1 Å². The molecule has 5 nitrogen and oxygen atoms in total. The van der Waals surface area contributed by atoms with Gasteiger partial charge in [0.2, 0.25) is 11.1 Å². The Labute approximate surface area is 260 Å². The highest BCUT2D eigenvalue weighted by molar-refractivity contribution is 9.10. The van der Waals surface area contributed by atoms with Crippen molar-refractivity contribution >= 4 is 66.0 Å². The predicted molar refractivity (Wildman–Crippen MR) is 170 cm³/mol. The second-order valence-electron chi connectivity index (χ2n) is 11.6. The van der Waals surface area contributed by atoms with Crippen LogP contribution in [0.15, 0.2) is 21.1 Å². The van der Waals surface area contributed by atoms with Gasteiger partial charge in [0, 0.05) is 42.3 Å². The monoisotopic (exact) mass is 707 g/mol. The fraction of sp³-hybridized carbons (Fsp3) is 0.500. The fourth-order valence-corrected chi connectivity index (χ4v) is 4.79. The average molecular weight is 710 g/mol. The fourth-order valence-electron chi connectivity index (χ4n) is 3.11. The summed E-state index contributed by atoms with van der Waals surface area (Å²) in [5.74, 6) is -0.685.